The highest BCUT2D eigenvalue weighted by atomic mass is 31.2. The van der Waals surface area contributed by atoms with Crippen LogP contribution in [-0.2, 0) is 28.2 Å². The maximum Gasteiger partial charge on any atom is 0.469 e. The van der Waals surface area contributed by atoms with E-state index in [1.54, 1.807) is 6.08 Å². The maximum atomic E-state index is 12.3. The Labute approximate surface area is 278 Å². The summed E-state index contributed by atoms with van der Waals surface area (Å²) in [5, 5.41) is 9.43. The number of allylic oxidation sites excluding steroid dienone is 9. The van der Waals surface area contributed by atoms with Crippen LogP contribution in [0.4, 0.5) is 0 Å². The Morgan fingerprint density at radius 2 is 1.28 bits per heavy atom. The van der Waals surface area contributed by atoms with Crippen LogP contribution in [-0.4, -0.2) is 52.3 Å². The van der Waals surface area contributed by atoms with Gasteiger partial charge in [-0.1, -0.05) is 126 Å². The molecule has 0 unspecified atom stereocenters. The second-order valence-corrected chi connectivity index (χ2v) is 13.0. The van der Waals surface area contributed by atoms with Gasteiger partial charge in [0.05, 0.1) is 12.7 Å². The van der Waals surface area contributed by atoms with E-state index in [2.05, 4.69) is 42.7 Å². The van der Waals surface area contributed by atoms with Crippen molar-refractivity contribution in [2.45, 2.75) is 136 Å². The highest BCUT2D eigenvalue weighted by Gasteiger charge is 2.22. The average molecular weight is 669 g/mol. The van der Waals surface area contributed by atoms with E-state index in [-0.39, 0.29) is 25.6 Å². The molecule has 0 fully saturated rings. The molecular formula is C36H61O9P. The highest BCUT2D eigenvalue weighted by Crippen LogP contribution is 2.35. The average Bonchev–Trinajstić information content (AvgIpc) is 3.00. The number of hydrogen-bond acceptors (Lipinski definition) is 7. The third-order valence-electron chi connectivity index (χ3n) is 6.89. The van der Waals surface area contributed by atoms with Crippen molar-refractivity contribution >= 4 is 19.8 Å². The molecule has 0 aromatic rings. The lowest BCUT2D eigenvalue weighted by atomic mass is 10.0. The summed E-state index contributed by atoms with van der Waals surface area (Å²) in [7, 11) is -4.77. The fraction of sp³-hybridized carbons (Fsp3) is 0.667. The Hall–Kier alpha value is -2.29. The molecule has 264 valence electrons. The molecule has 0 aliphatic heterocycles. The Bertz CT molecular complexity index is 963. The van der Waals surface area contributed by atoms with Crippen molar-refractivity contribution in [2.24, 2.45) is 5.92 Å². The Balaban J connectivity index is 4.17. The normalized spacial score (nSPS) is 14.1. The predicted molar refractivity (Wildman–Crippen MR) is 185 cm³/mol. The van der Waals surface area contributed by atoms with E-state index in [0.29, 0.717) is 25.7 Å². The number of aliphatic hydroxyl groups excluding tert-OH is 1. The number of phosphoric ester groups is 1. The van der Waals surface area contributed by atoms with Gasteiger partial charge in [0.25, 0.3) is 0 Å². The van der Waals surface area contributed by atoms with Crippen LogP contribution in [0.25, 0.3) is 0 Å². The van der Waals surface area contributed by atoms with Crippen molar-refractivity contribution in [1.29, 1.82) is 0 Å². The second-order valence-electron chi connectivity index (χ2n) is 11.8. The molecule has 9 nitrogen and oxygen atoms in total. The van der Waals surface area contributed by atoms with Gasteiger partial charge in [-0.15, -0.1) is 0 Å². The summed E-state index contributed by atoms with van der Waals surface area (Å²) in [6, 6.07) is 0. The molecular weight excluding hydrogens is 607 g/mol. The molecule has 0 spiro atoms. The van der Waals surface area contributed by atoms with Crippen molar-refractivity contribution < 1.29 is 43.0 Å². The molecule has 0 saturated heterocycles. The maximum absolute atomic E-state index is 12.3. The Kier molecular flexibility index (Phi) is 28.6. The van der Waals surface area contributed by atoms with Gasteiger partial charge in [-0.3, -0.25) is 14.1 Å². The van der Waals surface area contributed by atoms with E-state index < -0.39 is 32.5 Å². The molecule has 2 atom stereocenters. The van der Waals surface area contributed by atoms with Gasteiger partial charge in [-0.05, 0) is 50.9 Å². The first-order chi connectivity index (χ1) is 22.0. The number of esters is 2. The van der Waals surface area contributed by atoms with Crippen LogP contribution >= 0.6 is 7.82 Å². The smallest absolute Gasteiger partial charge is 0.462 e. The molecule has 10 heteroatoms. The number of phosphoric acid groups is 1. The molecule has 3 N–H and O–H groups in total. The largest absolute Gasteiger partial charge is 0.469 e. The van der Waals surface area contributed by atoms with Crippen LogP contribution in [0.5, 0.6) is 0 Å². The molecule has 46 heavy (non-hydrogen) atoms. The summed E-state index contributed by atoms with van der Waals surface area (Å²) in [6.45, 7) is 5.52. The molecule has 0 aromatic carbocycles. The van der Waals surface area contributed by atoms with Gasteiger partial charge < -0.3 is 24.4 Å². The molecule has 0 rings (SSSR count). The van der Waals surface area contributed by atoms with E-state index >= 15 is 0 Å². The number of hydrogen-bond donors (Lipinski definition) is 3. The van der Waals surface area contributed by atoms with E-state index in [0.717, 1.165) is 44.4 Å². The summed E-state index contributed by atoms with van der Waals surface area (Å²) >= 11 is 0. The zero-order valence-electron chi connectivity index (χ0n) is 28.5. The van der Waals surface area contributed by atoms with Crippen molar-refractivity contribution in [3.63, 3.8) is 0 Å². The molecule has 0 amide bonds. The Morgan fingerprint density at radius 3 is 1.89 bits per heavy atom. The lowest BCUT2D eigenvalue weighted by Gasteiger charge is -2.18. The van der Waals surface area contributed by atoms with Crippen LogP contribution in [0.1, 0.15) is 124 Å². The fourth-order valence-electron chi connectivity index (χ4n) is 4.19. The van der Waals surface area contributed by atoms with Crippen molar-refractivity contribution in [3.05, 3.63) is 60.8 Å². The molecule has 0 aliphatic carbocycles. The van der Waals surface area contributed by atoms with E-state index in [9.17, 15) is 19.3 Å². The highest BCUT2D eigenvalue weighted by molar-refractivity contribution is 7.46. The predicted octanol–water partition coefficient (Wildman–Crippen LogP) is 8.61. The first-order valence-corrected chi connectivity index (χ1v) is 18.6. The summed E-state index contributed by atoms with van der Waals surface area (Å²) < 4.78 is 26.1. The standard InChI is InChI=1S/C36H61O9P/c1-4-33(37)27-23-19-15-11-9-7-5-6-8-10-12-16-21-25-29-36(39)45-34(31-44-46(40,41)42)30-43-35(38)28-24-20-17-13-14-18-22-26-32(2)3/h6-9,12,15-16,19,23,27,32-34,37H,4-5,10-11,13-14,17-18,20-22,24-26,28-31H2,1-3H3,(H2,40,41,42)/b8-6-,9-7-,16-12-,19-15-,27-23+/t33-,34-/m1/s1. The summed E-state index contributed by atoms with van der Waals surface area (Å²) in [5.74, 6) is -0.235. The van der Waals surface area contributed by atoms with Crippen molar-refractivity contribution in [2.75, 3.05) is 13.2 Å². The van der Waals surface area contributed by atoms with Crippen LogP contribution in [0.3, 0.4) is 0 Å². The zero-order valence-corrected chi connectivity index (χ0v) is 29.4. The molecule has 0 heterocycles. The van der Waals surface area contributed by atoms with Crippen LogP contribution in [0.15, 0.2) is 60.8 Å². The summed E-state index contributed by atoms with van der Waals surface area (Å²) in [4.78, 5) is 42.5. The van der Waals surface area contributed by atoms with E-state index in [1.807, 2.05) is 37.3 Å². The van der Waals surface area contributed by atoms with Crippen LogP contribution in [0.2, 0.25) is 0 Å². The summed E-state index contributed by atoms with van der Waals surface area (Å²) in [5.41, 5.74) is 0. The van der Waals surface area contributed by atoms with E-state index in [4.69, 9.17) is 19.3 Å². The van der Waals surface area contributed by atoms with Gasteiger partial charge in [0, 0.05) is 12.8 Å². The first-order valence-electron chi connectivity index (χ1n) is 17.0. The lowest BCUT2D eigenvalue weighted by Crippen LogP contribution is -2.29. The minimum Gasteiger partial charge on any atom is -0.462 e. The van der Waals surface area contributed by atoms with Gasteiger partial charge >= 0.3 is 19.8 Å². The van der Waals surface area contributed by atoms with Crippen molar-refractivity contribution in [1.82, 2.24) is 0 Å². The third-order valence-corrected chi connectivity index (χ3v) is 7.37. The number of ether oxygens (including phenoxy) is 2. The van der Waals surface area contributed by atoms with Crippen molar-refractivity contribution in [3.8, 4) is 0 Å². The number of aliphatic hydroxyl groups is 1. The third kappa shape index (κ3) is 33.1. The monoisotopic (exact) mass is 668 g/mol. The molecule has 0 bridgehead atoms. The zero-order chi connectivity index (χ0) is 34.3. The van der Waals surface area contributed by atoms with Gasteiger partial charge in [-0.2, -0.15) is 0 Å². The first kappa shape index (κ1) is 43.7. The molecule has 0 saturated carbocycles. The number of rotatable bonds is 29. The lowest BCUT2D eigenvalue weighted by molar-refractivity contribution is -0.161. The summed E-state index contributed by atoms with van der Waals surface area (Å²) in [6.07, 6.45) is 32.1. The molecule has 0 aliphatic rings. The second kappa shape index (κ2) is 30.1. The minimum atomic E-state index is -4.77. The van der Waals surface area contributed by atoms with Gasteiger partial charge in [-0.25, -0.2) is 4.57 Å². The van der Waals surface area contributed by atoms with Crippen LogP contribution in [0, 0.1) is 5.92 Å². The van der Waals surface area contributed by atoms with Gasteiger partial charge in [0.15, 0.2) is 6.10 Å². The van der Waals surface area contributed by atoms with Gasteiger partial charge in [0.1, 0.15) is 6.61 Å². The number of unbranched alkanes of at least 4 members (excludes halogenated alkanes) is 7. The van der Waals surface area contributed by atoms with E-state index in [1.165, 1.54) is 25.7 Å². The topological polar surface area (TPSA) is 140 Å². The SMILES string of the molecule is CC[C@@H](O)/C=C/C=C\C/C=C\C/C=C\C/C=C\CCCC(=O)O[C@H](COC(=O)CCCCCCCCCC(C)C)COP(=O)(O)O. The number of carbonyl (C=O) groups excluding carboxylic acids is 2. The van der Waals surface area contributed by atoms with Gasteiger partial charge in [0.2, 0.25) is 0 Å². The van der Waals surface area contributed by atoms with Crippen LogP contribution < -0.4 is 0 Å². The molecule has 0 radical (unpaired) electrons. The minimum absolute atomic E-state index is 0.117. The molecule has 0 aromatic heterocycles. The quantitative estimate of drug-likeness (QED) is 0.0235. The fourth-order valence-corrected chi connectivity index (χ4v) is 4.55. The number of carbonyl (C=O) groups is 2. The Morgan fingerprint density at radius 1 is 0.717 bits per heavy atom.